The molecule has 1 aliphatic rings. The van der Waals surface area contributed by atoms with Gasteiger partial charge in [-0.25, -0.2) is 0 Å². The molecule has 136 valence electrons. The van der Waals surface area contributed by atoms with E-state index in [0.717, 1.165) is 0 Å². The smallest absolute Gasteiger partial charge is 0.242 e. The van der Waals surface area contributed by atoms with E-state index in [1.54, 1.807) is 0 Å². The molecule has 24 heavy (non-hydrogen) atoms. The summed E-state index contributed by atoms with van der Waals surface area (Å²) in [5, 5.41) is 10.5. The Balaban J connectivity index is 2.76. The third-order valence-corrected chi connectivity index (χ3v) is 3.96. The summed E-state index contributed by atoms with van der Waals surface area (Å²) in [6.45, 7) is 0.248. The minimum absolute atomic E-state index is 0.0453. The quantitative estimate of drug-likeness (QED) is 0.339. The van der Waals surface area contributed by atoms with E-state index in [1.807, 2.05) is 0 Å². The number of thiol groups is 2. The SMILES string of the molecule is O=C1CCNC(=O)[C@H](CCS)NC(=O)CCNC(=O)[C@H](CCS)N1. The summed E-state index contributed by atoms with van der Waals surface area (Å²) in [5.41, 5.74) is 0. The maximum Gasteiger partial charge on any atom is 0.242 e. The molecule has 1 fully saturated rings. The van der Waals surface area contributed by atoms with Crippen molar-refractivity contribution in [2.45, 2.75) is 37.8 Å². The minimum Gasteiger partial charge on any atom is -0.354 e. The fourth-order valence-electron chi connectivity index (χ4n) is 2.17. The highest BCUT2D eigenvalue weighted by Gasteiger charge is 2.23. The van der Waals surface area contributed by atoms with Crippen LogP contribution in [0.15, 0.2) is 0 Å². The second-order valence-corrected chi connectivity index (χ2v) is 6.24. The van der Waals surface area contributed by atoms with Crippen LogP contribution in [0.2, 0.25) is 0 Å². The van der Waals surface area contributed by atoms with Crippen molar-refractivity contribution in [2.75, 3.05) is 24.6 Å². The van der Waals surface area contributed by atoms with Crippen molar-refractivity contribution in [3.05, 3.63) is 0 Å². The number of carbonyl (C=O) groups is 4. The van der Waals surface area contributed by atoms with Gasteiger partial charge in [0.1, 0.15) is 12.1 Å². The Hall–Kier alpha value is -1.42. The lowest BCUT2D eigenvalue weighted by Gasteiger charge is -2.21. The normalized spacial score (nSPS) is 24.2. The van der Waals surface area contributed by atoms with E-state index in [9.17, 15) is 19.2 Å². The summed E-state index contributed by atoms with van der Waals surface area (Å²) in [4.78, 5) is 47.9. The summed E-state index contributed by atoms with van der Waals surface area (Å²) < 4.78 is 0. The van der Waals surface area contributed by atoms with Gasteiger partial charge in [0.25, 0.3) is 0 Å². The molecule has 4 N–H and O–H groups in total. The molecular weight excluding hydrogens is 352 g/mol. The van der Waals surface area contributed by atoms with Crippen LogP contribution in [0.5, 0.6) is 0 Å². The second kappa shape index (κ2) is 11.2. The van der Waals surface area contributed by atoms with E-state index in [1.165, 1.54) is 0 Å². The molecule has 1 aliphatic heterocycles. The summed E-state index contributed by atoms with van der Waals surface area (Å²) >= 11 is 8.16. The number of carbonyl (C=O) groups excluding carboxylic acids is 4. The molecular formula is C14H24N4O4S2. The third-order valence-electron chi connectivity index (χ3n) is 3.44. The van der Waals surface area contributed by atoms with Crippen molar-refractivity contribution in [1.82, 2.24) is 21.3 Å². The lowest BCUT2D eigenvalue weighted by molar-refractivity contribution is -0.131. The minimum atomic E-state index is -0.700. The summed E-state index contributed by atoms with van der Waals surface area (Å²) in [6.07, 6.45) is 0.847. The molecule has 4 amide bonds. The highest BCUT2D eigenvalue weighted by Crippen LogP contribution is 1.99. The zero-order valence-electron chi connectivity index (χ0n) is 13.3. The van der Waals surface area contributed by atoms with E-state index in [2.05, 4.69) is 46.5 Å². The number of nitrogens with one attached hydrogen (secondary N) is 4. The Bertz CT molecular complexity index is 434. The highest BCUT2D eigenvalue weighted by molar-refractivity contribution is 7.80. The Morgan fingerprint density at radius 1 is 0.750 bits per heavy atom. The van der Waals surface area contributed by atoms with Crippen LogP contribution < -0.4 is 21.3 Å². The van der Waals surface area contributed by atoms with Gasteiger partial charge in [0, 0.05) is 25.9 Å². The van der Waals surface area contributed by atoms with E-state index >= 15 is 0 Å². The zero-order valence-corrected chi connectivity index (χ0v) is 15.1. The zero-order chi connectivity index (χ0) is 17.9. The first kappa shape index (κ1) is 20.6. The predicted octanol–water partition coefficient (Wildman–Crippen LogP) is -1.38. The number of hydrogen-bond donors (Lipinski definition) is 6. The number of rotatable bonds is 4. The molecule has 1 saturated heterocycles. The first-order valence-electron chi connectivity index (χ1n) is 7.83. The van der Waals surface area contributed by atoms with Crippen LogP contribution in [0.3, 0.4) is 0 Å². The van der Waals surface area contributed by atoms with Gasteiger partial charge in [-0.2, -0.15) is 25.3 Å². The van der Waals surface area contributed by atoms with Crippen molar-refractivity contribution in [2.24, 2.45) is 0 Å². The van der Waals surface area contributed by atoms with Gasteiger partial charge in [-0.1, -0.05) is 0 Å². The monoisotopic (exact) mass is 376 g/mol. The largest absolute Gasteiger partial charge is 0.354 e. The van der Waals surface area contributed by atoms with Crippen molar-refractivity contribution in [3.8, 4) is 0 Å². The Morgan fingerprint density at radius 2 is 1.12 bits per heavy atom. The fourth-order valence-corrected chi connectivity index (χ4v) is 2.69. The Kier molecular flexibility index (Phi) is 9.62. The molecule has 0 unspecified atom stereocenters. The van der Waals surface area contributed by atoms with Crippen molar-refractivity contribution in [3.63, 3.8) is 0 Å². The van der Waals surface area contributed by atoms with Gasteiger partial charge < -0.3 is 21.3 Å². The van der Waals surface area contributed by atoms with Gasteiger partial charge >= 0.3 is 0 Å². The number of amides is 4. The van der Waals surface area contributed by atoms with E-state index in [4.69, 9.17) is 0 Å². The maximum atomic E-state index is 12.1. The van der Waals surface area contributed by atoms with Crippen molar-refractivity contribution < 1.29 is 19.2 Å². The van der Waals surface area contributed by atoms with Crippen molar-refractivity contribution >= 4 is 48.9 Å². The lowest BCUT2D eigenvalue weighted by Crippen LogP contribution is -2.51. The van der Waals surface area contributed by atoms with Crippen LogP contribution in [-0.2, 0) is 19.2 Å². The van der Waals surface area contributed by atoms with Gasteiger partial charge in [-0.3, -0.25) is 19.2 Å². The first-order valence-corrected chi connectivity index (χ1v) is 9.10. The molecule has 0 spiro atoms. The molecule has 0 aliphatic carbocycles. The molecule has 0 aromatic rings. The average molecular weight is 377 g/mol. The van der Waals surface area contributed by atoms with Gasteiger partial charge in [0.2, 0.25) is 23.6 Å². The Labute approximate surface area is 152 Å². The molecule has 0 aromatic heterocycles. The fraction of sp³-hybridized carbons (Fsp3) is 0.714. The highest BCUT2D eigenvalue weighted by atomic mass is 32.1. The number of hydrogen-bond acceptors (Lipinski definition) is 6. The topological polar surface area (TPSA) is 116 Å². The third kappa shape index (κ3) is 7.43. The van der Waals surface area contributed by atoms with Gasteiger partial charge in [-0.05, 0) is 24.3 Å². The van der Waals surface area contributed by atoms with Crippen LogP contribution in [0.25, 0.3) is 0 Å². The van der Waals surface area contributed by atoms with Gasteiger partial charge in [0.05, 0.1) is 0 Å². The molecule has 2 atom stereocenters. The van der Waals surface area contributed by atoms with Gasteiger partial charge in [-0.15, -0.1) is 0 Å². The maximum absolute atomic E-state index is 12.1. The summed E-state index contributed by atoms with van der Waals surface area (Å²) in [5.74, 6) is -0.494. The first-order chi connectivity index (χ1) is 11.5. The van der Waals surface area contributed by atoms with Crippen LogP contribution in [-0.4, -0.2) is 60.3 Å². The standard InChI is InChI=1S/C14H24N4O4S2/c19-11-1-5-15-13(21)10(4-8-24)18-12(20)2-6-16-14(22)9(17-11)3-7-23/h9-10,23-24H,1-8H2,(H,15,21)(H,16,22)(H,17,19)(H,18,20)/t9-,10-/m0/s1. The van der Waals surface area contributed by atoms with Crippen LogP contribution in [0.4, 0.5) is 0 Å². The summed E-state index contributed by atoms with van der Waals surface area (Å²) in [7, 11) is 0. The molecule has 10 heteroatoms. The lowest BCUT2D eigenvalue weighted by atomic mass is 10.1. The van der Waals surface area contributed by atoms with Crippen LogP contribution >= 0.6 is 25.3 Å². The predicted molar refractivity (Wildman–Crippen MR) is 96.1 cm³/mol. The average Bonchev–Trinajstić information content (AvgIpc) is 2.53. The van der Waals surface area contributed by atoms with Crippen LogP contribution in [0.1, 0.15) is 25.7 Å². The molecule has 0 bridgehead atoms. The van der Waals surface area contributed by atoms with Crippen LogP contribution in [0, 0.1) is 0 Å². The van der Waals surface area contributed by atoms with Crippen molar-refractivity contribution in [1.29, 1.82) is 0 Å². The van der Waals surface area contributed by atoms with E-state index < -0.39 is 12.1 Å². The molecule has 0 aromatic carbocycles. The molecule has 0 radical (unpaired) electrons. The summed E-state index contributed by atoms with van der Waals surface area (Å²) in [6, 6.07) is -1.40. The second-order valence-electron chi connectivity index (χ2n) is 5.35. The molecule has 8 nitrogen and oxygen atoms in total. The molecule has 0 saturated carbocycles. The van der Waals surface area contributed by atoms with E-state index in [-0.39, 0.29) is 49.6 Å². The van der Waals surface area contributed by atoms with Gasteiger partial charge in [0.15, 0.2) is 0 Å². The molecule has 1 heterocycles. The Morgan fingerprint density at radius 3 is 1.46 bits per heavy atom. The van der Waals surface area contributed by atoms with E-state index in [0.29, 0.717) is 24.3 Å². The molecule has 1 rings (SSSR count).